The maximum atomic E-state index is 4.11. The highest BCUT2D eigenvalue weighted by Crippen LogP contribution is 2.41. The average molecular weight is 278 g/mol. The van der Waals surface area contributed by atoms with E-state index in [1.807, 2.05) is 0 Å². The van der Waals surface area contributed by atoms with E-state index in [9.17, 15) is 0 Å². The molecule has 0 spiro atoms. The third-order valence-electron chi connectivity index (χ3n) is 5.41. The van der Waals surface area contributed by atoms with Crippen molar-refractivity contribution in [3.05, 3.63) is 12.2 Å². The van der Waals surface area contributed by atoms with Gasteiger partial charge in [0.2, 0.25) is 0 Å². The van der Waals surface area contributed by atoms with Crippen LogP contribution in [-0.4, -0.2) is 36.1 Å². The molecule has 2 heteroatoms. The lowest BCUT2D eigenvalue weighted by atomic mass is 9.81. The summed E-state index contributed by atoms with van der Waals surface area (Å²) >= 11 is 0. The first-order valence-corrected chi connectivity index (χ1v) is 8.82. The van der Waals surface area contributed by atoms with E-state index in [1.54, 1.807) is 0 Å². The molecule has 0 bridgehead atoms. The summed E-state index contributed by atoms with van der Waals surface area (Å²) < 4.78 is 0. The van der Waals surface area contributed by atoms with Gasteiger partial charge >= 0.3 is 0 Å². The summed E-state index contributed by atoms with van der Waals surface area (Å²) in [6, 6.07) is 0.657. The van der Waals surface area contributed by atoms with Gasteiger partial charge in [-0.2, -0.15) is 0 Å². The number of likely N-dealkylation sites (N-methyl/N-ethyl adjacent to an activating group) is 1. The molecule has 0 amide bonds. The maximum Gasteiger partial charge on any atom is 0.0362 e. The second-order valence-electron chi connectivity index (χ2n) is 6.96. The lowest BCUT2D eigenvalue weighted by molar-refractivity contribution is 0.0345. The Morgan fingerprint density at radius 2 is 1.80 bits per heavy atom. The summed E-state index contributed by atoms with van der Waals surface area (Å²) in [7, 11) is 0. The number of hydrogen-bond donors (Lipinski definition) is 1. The van der Waals surface area contributed by atoms with Gasteiger partial charge in [-0.05, 0) is 65.1 Å². The topological polar surface area (TPSA) is 15.3 Å². The molecule has 2 aliphatic rings. The van der Waals surface area contributed by atoms with E-state index in [0.717, 1.165) is 6.54 Å². The maximum absolute atomic E-state index is 4.11. The molecule has 1 atom stereocenters. The van der Waals surface area contributed by atoms with E-state index in [1.165, 1.54) is 76.5 Å². The van der Waals surface area contributed by atoms with Gasteiger partial charge in [-0.1, -0.05) is 31.8 Å². The number of nitrogens with one attached hydrogen (secondary N) is 1. The number of allylic oxidation sites excluding steroid dienone is 1. The van der Waals surface area contributed by atoms with E-state index in [2.05, 4.69) is 30.6 Å². The zero-order chi connectivity index (χ0) is 14.4. The van der Waals surface area contributed by atoms with E-state index in [4.69, 9.17) is 0 Å². The van der Waals surface area contributed by atoms with E-state index < -0.39 is 0 Å². The van der Waals surface area contributed by atoms with Crippen LogP contribution in [0.25, 0.3) is 0 Å². The number of hydrogen-bond acceptors (Lipinski definition) is 2. The summed E-state index contributed by atoms with van der Waals surface area (Å²) in [6.07, 6.45) is 12.3. The zero-order valence-electron chi connectivity index (χ0n) is 13.7. The van der Waals surface area contributed by atoms with Crippen molar-refractivity contribution in [3.8, 4) is 0 Å². The smallest absolute Gasteiger partial charge is 0.0362 e. The monoisotopic (exact) mass is 278 g/mol. The molecule has 1 saturated heterocycles. The van der Waals surface area contributed by atoms with E-state index in [0.29, 0.717) is 11.6 Å². The molecule has 116 valence electrons. The first kappa shape index (κ1) is 16.0. The van der Waals surface area contributed by atoms with Crippen molar-refractivity contribution >= 4 is 0 Å². The molecule has 1 unspecified atom stereocenters. The molecule has 0 radical (unpaired) electrons. The van der Waals surface area contributed by atoms with Gasteiger partial charge in [0.1, 0.15) is 0 Å². The molecule has 0 aromatic heterocycles. The predicted molar refractivity (Wildman–Crippen MR) is 88.1 cm³/mol. The molecule has 0 aromatic carbocycles. The van der Waals surface area contributed by atoms with Gasteiger partial charge in [-0.15, -0.1) is 6.58 Å². The minimum Gasteiger partial charge on any atom is -0.312 e. The molecule has 1 aliphatic carbocycles. The van der Waals surface area contributed by atoms with Crippen molar-refractivity contribution in [2.24, 2.45) is 0 Å². The van der Waals surface area contributed by atoms with E-state index >= 15 is 0 Å². The Balaban J connectivity index is 2.11. The van der Waals surface area contributed by atoms with Gasteiger partial charge in [-0.25, -0.2) is 0 Å². The Hall–Kier alpha value is -0.340. The molecule has 2 rings (SSSR count). The summed E-state index contributed by atoms with van der Waals surface area (Å²) in [5.74, 6) is 0. The molecule has 20 heavy (non-hydrogen) atoms. The van der Waals surface area contributed by atoms with Crippen molar-refractivity contribution in [2.45, 2.75) is 83.2 Å². The van der Waals surface area contributed by atoms with Crippen molar-refractivity contribution < 1.29 is 0 Å². The molecule has 0 aromatic rings. The third kappa shape index (κ3) is 3.65. The van der Waals surface area contributed by atoms with E-state index in [-0.39, 0.29) is 0 Å². The highest BCUT2D eigenvalue weighted by molar-refractivity contribution is 5.05. The fourth-order valence-electron chi connectivity index (χ4n) is 4.41. The van der Waals surface area contributed by atoms with Crippen LogP contribution in [0.5, 0.6) is 0 Å². The molecule has 1 saturated carbocycles. The van der Waals surface area contributed by atoms with Gasteiger partial charge in [0, 0.05) is 11.6 Å². The summed E-state index contributed by atoms with van der Waals surface area (Å²) in [5, 5.41) is 3.84. The van der Waals surface area contributed by atoms with Gasteiger partial charge in [-0.3, -0.25) is 4.90 Å². The van der Waals surface area contributed by atoms with Crippen molar-refractivity contribution in [1.29, 1.82) is 0 Å². The minimum absolute atomic E-state index is 0.450. The quantitative estimate of drug-likeness (QED) is 0.705. The number of likely N-dealkylation sites (tertiary alicyclic amines) is 1. The molecular formula is C18H34N2. The van der Waals surface area contributed by atoms with Crippen LogP contribution in [0.15, 0.2) is 12.2 Å². The Morgan fingerprint density at radius 3 is 2.35 bits per heavy atom. The lowest BCUT2D eigenvalue weighted by Gasteiger charge is -2.49. The Labute approximate surface area is 126 Å². The second kappa shape index (κ2) is 7.61. The van der Waals surface area contributed by atoms with Crippen LogP contribution >= 0.6 is 0 Å². The average Bonchev–Trinajstić information content (AvgIpc) is 2.95. The molecular weight excluding hydrogens is 244 g/mol. The van der Waals surface area contributed by atoms with Crippen LogP contribution in [-0.2, 0) is 0 Å². The molecule has 1 heterocycles. The normalized spacial score (nSPS) is 24.7. The van der Waals surface area contributed by atoms with Gasteiger partial charge in [0.15, 0.2) is 0 Å². The van der Waals surface area contributed by atoms with Crippen LogP contribution in [0.1, 0.15) is 71.6 Å². The second-order valence-corrected chi connectivity index (χ2v) is 6.96. The highest BCUT2D eigenvalue weighted by atomic mass is 15.2. The third-order valence-corrected chi connectivity index (χ3v) is 5.41. The van der Waals surface area contributed by atoms with Crippen molar-refractivity contribution in [2.75, 3.05) is 19.6 Å². The minimum atomic E-state index is 0.450. The first-order chi connectivity index (χ1) is 9.69. The summed E-state index contributed by atoms with van der Waals surface area (Å²) in [6.45, 7) is 12.3. The van der Waals surface area contributed by atoms with Crippen LogP contribution in [0, 0.1) is 0 Å². The Bertz CT molecular complexity index is 299. The van der Waals surface area contributed by atoms with Crippen LogP contribution in [0.4, 0.5) is 0 Å². The zero-order valence-corrected chi connectivity index (χ0v) is 13.7. The van der Waals surface area contributed by atoms with Crippen molar-refractivity contribution in [1.82, 2.24) is 10.2 Å². The number of piperidine rings is 1. The Morgan fingerprint density at radius 1 is 1.15 bits per heavy atom. The van der Waals surface area contributed by atoms with Gasteiger partial charge < -0.3 is 5.32 Å². The van der Waals surface area contributed by atoms with Gasteiger partial charge in [0.05, 0.1) is 0 Å². The van der Waals surface area contributed by atoms with Crippen LogP contribution in [0.3, 0.4) is 0 Å². The number of rotatable bonds is 7. The van der Waals surface area contributed by atoms with Gasteiger partial charge in [0.25, 0.3) is 0 Å². The molecule has 1 N–H and O–H groups in total. The summed E-state index contributed by atoms with van der Waals surface area (Å²) in [5.41, 5.74) is 1.78. The molecule has 1 aliphatic heterocycles. The SMILES string of the molecule is C=C(C)CCC(NCC)C1(N2CCCCC2)CCCC1. The predicted octanol–water partition coefficient (Wildman–Crippen LogP) is 4.12. The van der Waals surface area contributed by atoms with Crippen LogP contribution in [0.2, 0.25) is 0 Å². The Kier molecular flexibility index (Phi) is 6.10. The lowest BCUT2D eigenvalue weighted by Crippen LogP contribution is -2.61. The van der Waals surface area contributed by atoms with Crippen molar-refractivity contribution in [3.63, 3.8) is 0 Å². The molecule has 2 fully saturated rings. The van der Waals surface area contributed by atoms with Crippen LogP contribution < -0.4 is 5.32 Å². The summed E-state index contributed by atoms with van der Waals surface area (Å²) in [4.78, 5) is 2.86. The number of nitrogens with zero attached hydrogens (tertiary/aromatic N) is 1. The fraction of sp³-hybridized carbons (Fsp3) is 0.889. The highest BCUT2D eigenvalue weighted by Gasteiger charge is 2.45. The molecule has 2 nitrogen and oxygen atoms in total. The largest absolute Gasteiger partial charge is 0.312 e. The standard InChI is InChI=1S/C18H34N2/c1-4-19-17(11-10-16(2)3)18(12-6-7-13-18)20-14-8-5-9-15-20/h17,19H,2,4-15H2,1,3H3. The fourth-order valence-corrected chi connectivity index (χ4v) is 4.41. The first-order valence-electron chi connectivity index (χ1n) is 8.82.